The van der Waals surface area contributed by atoms with E-state index < -0.39 is 0 Å². The lowest BCUT2D eigenvalue weighted by Gasteiger charge is -2.32. The van der Waals surface area contributed by atoms with Crippen molar-refractivity contribution < 1.29 is 14.3 Å². The molecule has 0 atom stereocenters. The highest BCUT2D eigenvalue weighted by Crippen LogP contribution is 2.23. The lowest BCUT2D eigenvalue weighted by molar-refractivity contribution is -0.135. The third kappa shape index (κ3) is 7.94. The summed E-state index contributed by atoms with van der Waals surface area (Å²) >= 11 is 1.82. The predicted molar refractivity (Wildman–Crippen MR) is 125 cm³/mol. The maximum absolute atomic E-state index is 12.4. The van der Waals surface area contributed by atoms with Crippen molar-refractivity contribution in [2.45, 2.75) is 43.3 Å². The molecule has 0 radical (unpaired) electrons. The van der Waals surface area contributed by atoms with Gasteiger partial charge < -0.3 is 15.0 Å². The molecule has 2 aromatic rings. The molecule has 1 N–H and O–H groups in total. The van der Waals surface area contributed by atoms with Crippen molar-refractivity contribution >= 4 is 23.6 Å². The van der Waals surface area contributed by atoms with Crippen LogP contribution in [0.3, 0.4) is 0 Å². The molecule has 166 valence electrons. The number of thioether (sulfide) groups is 1. The number of hydrogen-bond acceptors (Lipinski definition) is 4. The zero-order chi connectivity index (χ0) is 22.1. The molecular weight excluding hydrogens is 408 g/mol. The first-order valence-electron chi connectivity index (χ1n) is 11.0. The molecule has 1 saturated heterocycles. The highest BCUT2D eigenvalue weighted by molar-refractivity contribution is 7.99. The van der Waals surface area contributed by atoms with Gasteiger partial charge in [-0.1, -0.05) is 44.2 Å². The van der Waals surface area contributed by atoms with Gasteiger partial charge in [0.1, 0.15) is 5.75 Å². The summed E-state index contributed by atoms with van der Waals surface area (Å²) in [5, 5.41) is 3.61. The summed E-state index contributed by atoms with van der Waals surface area (Å²) in [5.74, 6) is 1.19. The quantitative estimate of drug-likeness (QED) is 0.595. The number of nitrogens with one attached hydrogen (secondary N) is 1. The zero-order valence-corrected chi connectivity index (χ0v) is 19.2. The van der Waals surface area contributed by atoms with Crippen molar-refractivity contribution in [3.05, 3.63) is 60.2 Å². The Morgan fingerprint density at radius 2 is 1.74 bits per heavy atom. The Morgan fingerprint density at radius 3 is 2.39 bits per heavy atom. The van der Waals surface area contributed by atoms with Gasteiger partial charge in [-0.15, -0.1) is 11.8 Å². The van der Waals surface area contributed by atoms with Crippen LogP contribution in [0.15, 0.2) is 59.5 Å². The number of likely N-dealkylation sites (tertiary alicyclic amines) is 1. The summed E-state index contributed by atoms with van der Waals surface area (Å²) in [6.07, 6.45) is 2.21. The molecule has 1 heterocycles. The van der Waals surface area contributed by atoms with Gasteiger partial charge in [0.15, 0.2) is 6.61 Å². The molecule has 2 amide bonds. The van der Waals surface area contributed by atoms with Crippen LogP contribution in [0, 0.1) is 5.92 Å². The van der Waals surface area contributed by atoms with E-state index in [9.17, 15) is 9.59 Å². The molecule has 6 heteroatoms. The molecule has 1 aliphatic rings. The number of para-hydroxylation sites is 1. The van der Waals surface area contributed by atoms with Gasteiger partial charge in [0.05, 0.1) is 6.42 Å². The Labute approximate surface area is 189 Å². The molecule has 1 fully saturated rings. The molecule has 5 nitrogen and oxygen atoms in total. The summed E-state index contributed by atoms with van der Waals surface area (Å²) < 4.78 is 5.56. The SMILES string of the molecule is CC(C)Sc1ccc(CC(=O)NCC2CCN(C(=O)COc3ccccc3)CC2)cc1. The van der Waals surface area contributed by atoms with E-state index in [1.807, 2.05) is 59.1 Å². The van der Waals surface area contributed by atoms with Crippen LogP contribution in [0.2, 0.25) is 0 Å². The smallest absolute Gasteiger partial charge is 0.260 e. The maximum atomic E-state index is 12.4. The second kappa shape index (κ2) is 11.8. The van der Waals surface area contributed by atoms with E-state index in [-0.39, 0.29) is 18.4 Å². The van der Waals surface area contributed by atoms with Gasteiger partial charge in [-0.2, -0.15) is 0 Å². The zero-order valence-electron chi connectivity index (χ0n) is 18.4. The molecule has 0 spiro atoms. The van der Waals surface area contributed by atoms with Crippen LogP contribution in [-0.2, 0) is 16.0 Å². The van der Waals surface area contributed by atoms with Crippen molar-refractivity contribution in [2.24, 2.45) is 5.92 Å². The van der Waals surface area contributed by atoms with Gasteiger partial charge in [0, 0.05) is 29.8 Å². The van der Waals surface area contributed by atoms with Crippen molar-refractivity contribution in [3.8, 4) is 5.75 Å². The predicted octanol–water partition coefficient (Wildman–Crippen LogP) is 4.16. The van der Waals surface area contributed by atoms with Gasteiger partial charge >= 0.3 is 0 Å². The van der Waals surface area contributed by atoms with E-state index >= 15 is 0 Å². The number of amides is 2. The first kappa shape index (κ1) is 23.2. The van der Waals surface area contributed by atoms with Crippen LogP contribution in [-0.4, -0.2) is 48.2 Å². The van der Waals surface area contributed by atoms with Gasteiger partial charge in [0.2, 0.25) is 5.91 Å². The number of hydrogen-bond donors (Lipinski definition) is 1. The Balaban J connectivity index is 1.33. The average Bonchev–Trinajstić information content (AvgIpc) is 2.78. The number of piperidine rings is 1. The second-order valence-corrected chi connectivity index (χ2v) is 9.87. The summed E-state index contributed by atoms with van der Waals surface area (Å²) in [6, 6.07) is 17.6. The third-order valence-electron chi connectivity index (χ3n) is 5.32. The Morgan fingerprint density at radius 1 is 1.06 bits per heavy atom. The van der Waals surface area contributed by atoms with Gasteiger partial charge in [-0.3, -0.25) is 9.59 Å². The summed E-state index contributed by atoms with van der Waals surface area (Å²) in [6.45, 7) is 6.51. The minimum atomic E-state index is 0.0189. The number of nitrogens with zero attached hydrogens (tertiary/aromatic N) is 1. The molecule has 31 heavy (non-hydrogen) atoms. The molecule has 0 unspecified atom stereocenters. The molecule has 0 saturated carbocycles. The molecule has 0 aromatic heterocycles. The summed E-state index contributed by atoms with van der Waals surface area (Å²) in [4.78, 5) is 27.8. The highest BCUT2D eigenvalue weighted by Gasteiger charge is 2.23. The van der Waals surface area contributed by atoms with E-state index in [2.05, 4.69) is 31.3 Å². The van der Waals surface area contributed by atoms with E-state index in [1.165, 1.54) is 4.90 Å². The first-order chi connectivity index (χ1) is 15.0. The van der Waals surface area contributed by atoms with E-state index in [0.717, 1.165) is 18.4 Å². The number of rotatable bonds is 9. The number of benzene rings is 2. The van der Waals surface area contributed by atoms with E-state index in [4.69, 9.17) is 4.74 Å². The van der Waals surface area contributed by atoms with E-state index in [0.29, 0.717) is 43.0 Å². The molecule has 0 aliphatic carbocycles. The third-order valence-corrected chi connectivity index (χ3v) is 6.34. The van der Waals surface area contributed by atoms with Crippen LogP contribution in [0.5, 0.6) is 5.75 Å². The fourth-order valence-corrected chi connectivity index (χ4v) is 4.44. The minimum absolute atomic E-state index is 0.0189. The van der Waals surface area contributed by atoms with Crippen LogP contribution >= 0.6 is 11.8 Å². The van der Waals surface area contributed by atoms with Crippen LogP contribution in [0.25, 0.3) is 0 Å². The average molecular weight is 441 g/mol. The van der Waals surface area contributed by atoms with Crippen molar-refractivity contribution in [1.29, 1.82) is 0 Å². The standard InChI is InChI=1S/C25H32N2O3S/c1-19(2)31-23-10-8-20(9-11-23)16-24(28)26-17-21-12-14-27(15-13-21)25(29)18-30-22-6-4-3-5-7-22/h3-11,19,21H,12-18H2,1-2H3,(H,26,28). The number of carbonyl (C=O) groups is 2. The van der Waals surface area contributed by atoms with Gasteiger partial charge in [0.25, 0.3) is 5.91 Å². The Kier molecular flexibility index (Phi) is 8.83. The molecular formula is C25H32N2O3S. The summed E-state index contributed by atoms with van der Waals surface area (Å²) in [7, 11) is 0. The van der Waals surface area contributed by atoms with Crippen LogP contribution in [0.4, 0.5) is 0 Å². The Bertz CT molecular complexity index is 832. The number of carbonyl (C=O) groups excluding carboxylic acids is 2. The van der Waals surface area contributed by atoms with E-state index in [1.54, 1.807) is 0 Å². The Hall–Kier alpha value is -2.47. The normalized spacial score (nSPS) is 14.5. The van der Waals surface area contributed by atoms with Crippen LogP contribution in [0.1, 0.15) is 32.3 Å². The fraction of sp³-hybridized carbons (Fsp3) is 0.440. The van der Waals surface area contributed by atoms with Crippen molar-refractivity contribution in [3.63, 3.8) is 0 Å². The van der Waals surface area contributed by atoms with Crippen molar-refractivity contribution in [2.75, 3.05) is 26.2 Å². The molecule has 2 aromatic carbocycles. The largest absolute Gasteiger partial charge is 0.484 e. The second-order valence-electron chi connectivity index (χ2n) is 8.22. The topological polar surface area (TPSA) is 58.6 Å². The minimum Gasteiger partial charge on any atom is -0.484 e. The summed E-state index contributed by atoms with van der Waals surface area (Å²) in [5.41, 5.74) is 1.03. The van der Waals surface area contributed by atoms with Crippen LogP contribution < -0.4 is 10.1 Å². The monoisotopic (exact) mass is 440 g/mol. The van der Waals surface area contributed by atoms with Gasteiger partial charge in [-0.05, 0) is 48.6 Å². The maximum Gasteiger partial charge on any atom is 0.260 e. The fourth-order valence-electron chi connectivity index (χ4n) is 3.60. The molecule has 3 rings (SSSR count). The van der Waals surface area contributed by atoms with Crippen molar-refractivity contribution in [1.82, 2.24) is 10.2 Å². The first-order valence-corrected chi connectivity index (χ1v) is 11.9. The lowest BCUT2D eigenvalue weighted by Crippen LogP contribution is -2.43. The number of ether oxygens (including phenoxy) is 1. The van der Waals surface area contributed by atoms with Gasteiger partial charge in [-0.25, -0.2) is 0 Å². The molecule has 0 bridgehead atoms. The highest BCUT2D eigenvalue weighted by atomic mass is 32.2. The molecule has 1 aliphatic heterocycles. The lowest BCUT2D eigenvalue weighted by atomic mass is 9.96.